The highest BCUT2D eigenvalue weighted by atomic mass is 16.5. The minimum absolute atomic E-state index is 0.0877. The zero-order valence-electron chi connectivity index (χ0n) is 25.2. The first-order chi connectivity index (χ1) is 20.7. The summed E-state index contributed by atoms with van der Waals surface area (Å²) in [4.78, 5) is 5.22. The predicted molar refractivity (Wildman–Crippen MR) is 172 cm³/mol. The van der Waals surface area contributed by atoms with Crippen LogP contribution in [0, 0.1) is 0 Å². The molecule has 0 spiro atoms. The number of nitrogens with one attached hydrogen (secondary N) is 1. The van der Waals surface area contributed by atoms with Gasteiger partial charge in [0.15, 0.2) is 11.5 Å². The number of nitrogens with zero attached hydrogens (tertiary/aromatic N) is 2. The van der Waals surface area contributed by atoms with Crippen molar-refractivity contribution in [2.45, 2.75) is 45.6 Å². The van der Waals surface area contributed by atoms with Crippen molar-refractivity contribution >= 4 is 0 Å². The van der Waals surface area contributed by atoms with Gasteiger partial charge >= 0.3 is 0 Å². The third-order valence-electron chi connectivity index (χ3n) is 8.48. The van der Waals surface area contributed by atoms with E-state index in [-0.39, 0.29) is 5.54 Å². The standard InChI is InChI=1S/C37H45N3O2/c1-3-39(4-2)24-22-37(34-18-12-7-13-19-34)30-38-23-25-40(37)27-33-20-21-35(41-28-31-14-8-5-9-15-31)36(26-33)42-29-32-16-10-6-11-17-32/h5-21,26,38H,3-4,22-25,27-30H2,1-2H3. The molecule has 42 heavy (non-hydrogen) atoms. The SMILES string of the molecule is CCN(CC)CCC1(c2ccccc2)CNCCN1Cc1ccc(OCc2ccccc2)c(OCc2ccccc2)c1. The summed E-state index contributed by atoms with van der Waals surface area (Å²) in [5, 5.41) is 3.74. The van der Waals surface area contributed by atoms with Crippen molar-refractivity contribution in [3.63, 3.8) is 0 Å². The van der Waals surface area contributed by atoms with Gasteiger partial charge in [-0.25, -0.2) is 0 Å². The second kappa shape index (κ2) is 15.0. The molecule has 5 heteroatoms. The summed E-state index contributed by atoms with van der Waals surface area (Å²) in [6.45, 7) is 12.5. The normalized spacial score (nSPS) is 17.3. The van der Waals surface area contributed by atoms with Crippen molar-refractivity contribution in [2.75, 3.05) is 39.3 Å². The van der Waals surface area contributed by atoms with E-state index in [1.54, 1.807) is 0 Å². The summed E-state index contributed by atoms with van der Waals surface area (Å²) in [7, 11) is 0. The van der Waals surface area contributed by atoms with E-state index in [9.17, 15) is 0 Å². The highest BCUT2D eigenvalue weighted by molar-refractivity contribution is 5.43. The largest absolute Gasteiger partial charge is 0.485 e. The van der Waals surface area contributed by atoms with Crippen LogP contribution in [0.15, 0.2) is 109 Å². The van der Waals surface area contributed by atoms with Gasteiger partial charge < -0.3 is 19.7 Å². The molecular formula is C37H45N3O2. The maximum atomic E-state index is 6.42. The minimum atomic E-state index is -0.0877. The summed E-state index contributed by atoms with van der Waals surface area (Å²) in [6.07, 6.45) is 1.07. The number of rotatable bonds is 14. The Morgan fingerprint density at radius 1 is 0.714 bits per heavy atom. The molecule has 0 saturated carbocycles. The molecule has 5 nitrogen and oxygen atoms in total. The van der Waals surface area contributed by atoms with Crippen LogP contribution in [0.3, 0.4) is 0 Å². The zero-order chi connectivity index (χ0) is 29.0. The third kappa shape index (κ3) is 7.60. The van der Waals surface area contributed by atoms with Gasteiger partial charge in [-0.05, 0) is 53.9 Å². The second-order valence-electron chi connectivity index (χ2n) is 11.1. The molecule has 1 atom stereocenters. The van der Waals surface area contributed by atoms with Crippen LogP contribution in [0.5, 0.6) is 11.5 Å². The van der Waals surface area contributed by atoms with Crippen molar-refractivity contribution in [2.24, 2.45) is 0 Å². The summed E-state index contributed by atoms with van der Waals surface area (Å²) < 4.78 is 12.7. The van der Waals surface area contributed by atoms with E-state index >= 15 is 0 Å². The summed E-state index contributed by atoms with van der Waals surface area (Å²) >= 11 is 0. The van der Waals surface area contributed by atoms with Crippen LogP contribution in [0.2, 0.25) is 0 Å². The predicted octanol–water partition coefficient (Wildman–Crippen LogP) is 6.88. The van der Waals surface area contributed by atoms with Crippen LogP contribution in [-0.4, -0.2) is 49.1 Å². The Balaban J connectivity index is 1.41. The summed E-state index contributed by atoms with van der Waals surface area (Å²) in [6, 6.07) is 38.2. The van der Waals surface area contributed by atoms with Gasteiger partial charge in [-0.3, -0.25) is 4.90 Å². The molecule has 1 aliphatic rings. The van der Waals surface area contributed by atoms with E-state index in [4.69, 9.17) is 9.47 Å². The smallest absolute Gasteiger partial charge is 0.162 e. The molecule has 1 aliphatic heterocycles. The van der Waals surface area contributed by atoms with Crippen molar-refractivity contribution in [1.82, 2.24) is 15.1 Å². The first-order valence-corrected chi connectivity index (χ1v) is 15.4. The van der Waals surface area contributed by atoms with E-state index < -0.39 is 0 Å². The van der Waals surface area contributed by atoms with Crippen LogP contribution in [0.25, 0.3) is 0 Å². The minimum Gasteiger partial charge on any atom is -0.485 e. The molecule has 1 heterocycles. The molecule has 220 valence electrons. The molecule has 1 saturated heterocycles. The molecule has 1 N–H and O–H groups in total. The molecule has 5 rings (SSSR count). The Hall–Kier alpha value is -3.64. The Morgan fingerprint density at radius 3 is 1.93 bits per heavy atom. The van der Waals surface area contributed by atoms with Gasteiger partial charge in [0.25, 0.3) is 0 Å². The molecule has 4 aromatic carbocycles. The molecule has 0 aliphatic carbocycles. The highest BCUT2D eigenvalue weighted by Crippen LogP contribution is 2.37. The van der Waals surface area contributed by atoms with Gasteiger partial charge in [-0.1, -0.05) is 111 Å². The Morgan fingerprint density at radius 2 is 1.31 bits per heavy atom. The van der Waals surface area contributed by atoms with Crippen molar-refractivity contribution < 1.29 is 9.47 Å². The monoisotopic (exact) mass is 563 g/mol. The number of hydrogen-bond acceptors (Lipinski definition) is 5. The lowest BCUT2D eigenvalue weighted by atomic mass is 9.82. The third-order valence-corrected chi connectivity index (χ3v) is 8.48. The molecule has 4 aromatic rings. The number of benzene rings is 4. The van der Waals surface area contributed by atoms with Gasteiger partial charge in [0.05, 0.1) is 5.54 Å². The number of ether oxygens (including phenoxy) is 2. The molecule has 0 aromatic heterocycles. The Bertz CT molecular complexity index is 1350. The number of hydrogen-bond donors (Lipinski definition) is 1. The lowest BCUT2D eigenvalue weighted by Gasteiger charge is -2.49. The molecule has 0 bridgehead atoms. The Labute approximate surface area is 252 Å². The van der Waals surface area contributed by atoms with E-state index in [0.29, 0.717) is 13.2 Å². The van der Waals surface area contributed by atoms with E-state index in [0.717, 1.165) is 74.9 Å². The second-order valence-corrected chi connectivity index (χ2v) is 11.1. The highest BCUT2D eigenvalue weighted by Gasteiger charge is 2.40. The van der Waals surface area contributed by atoms with Gasteiger partial charge in [0.2, 0.25) is 0 Å². The quantitative estimate of drug-likeness (QED) is 0.181. The average molecular weight is 564 g/mol. The fraction of sp³-hybridized carbons (Fsp3) is 0.351. The summed E-state index contributed by atoms with van der Waals surface area (Å²) in [5.41, 5.74) is 4.80. The molecule has 0 amide bonds. The number of piperazine rings is 1. The van der Waals surface area contributed by atoms with Crippen LogP contribution < -0.4 is 14.8 Å². The van der Waals surface area contributed by atoms with Crippen molar-refractivity contribution in [3.05, 3.63) is 131 Å². The lowest BCUT2D eigenvalue weighted by Crippen LogP contribution is -2.59. The maximum Gasteiger partial charge on any atom is 0.162 e. The first kappa shape index (κ1) is 29.8. The van der Waals surface area contributed by atoms with Crippen LogP contribution in [0.1, 0.15) is 42.5 Å². The van der Waals surface area contributed by atoms with Crippen LogP contribution in [0.4, 0.5) is 0 Å². The molecule has 1 fully saturated rings. The fourth-order valence-corrected chi connectivity index (χ4v) is 5.95. The van der Waals surface area contributed by atoms with E-state index in [2.05, 4.69) is 102 Å². The van der Waals surface area contributed by atoms with Gasteiger partial charge in [-0.15, -0.1) is 0 Å². The topological polar surface area (TPSA) is 37.0 Å². The van der Waals surface area contributed by atoms with E-state index in [1.165, 1.54) is 11.1 Å². The first-order valence-electron chi connectivity index (χ1n) is 15.4. The van der Waals surface area contributed by atoms with Crippen molar-refractivity contribution in [3.8, 4) is 11.5 Å². The zero-order valence-corrected chi connectivity index (χ0v) is 25.2. The summed E-state index contributed by atoms with van der Waals surface area (Å²) in [5.74, 6) is 1.56. The molecule has 0 radical (unpaired) electrons. The van der Waals surface area contributed by atoms with Crippen LogP contribution >= 0.6 is 0 Å². The lowest BCUT2D eigenvalue weighted by molar-refractivity contribution is 0.0326. The average Bonchev–Trinajstić information content (AvgIpc) is 3.06. The van der Waals surface area contributed by atoms with E-state index in [1.807, 2.05) is 36.4 Å². The van der Waals surface area contributed by atoms with Gasteiger partial charge in [0.1, 0.15) is 13.2 Å². The van der Waals surface area contributed by atoms with Crippen LogP contribution in [-0.2, 0) is 25.3 Å². The van der Waals surface area contributed by atoms with Crippen molar-refractivity contribution in [1.29, 1.82) is 0 Å². The Kier molecular flexibility index (Phi) is 10.7. The fourth-order valence-electron chi connectivity index (χ4n) is 5.95. The van der Waals surface area contributed by atoms with Gasteiger partial charge in [0, 0.05) is 32.7 Å². The maximum absolute atomic E-state index is 6.42. The molecule has 1 unspecified atom stereocenters. The van der Waals surface area contributed by atoms with Gasteiger partial charge in [-0.2, -0.15) is 0 Å². The molecular weight excluding hydrogens is 518 g/mol.